The molecule has 4 heteroatoms. The molecule has 130 valence electrons. The van der Waals surface area contributed by atoms with E-state index < -0.39 is 0 Å². The third-order valence-corrected chi connectivity index (χ3v) is 6.07. The van der Waals surface area contributed by atoms with Crippen LogP contribution in [0.5, 0.6) is 5.75 Å². The molecule has 0 spiro atoms. The zero-order valence-corrected chi connectivity index (χ0v) is 14.1. The molecule has 4 saturated carbocycles. The Kier molecular flexibility index (Phi) is 4.23. The molecule has 0 heterocycles. The molecule has 24 heavy (non-hydrogen) atoms. The van der Waals surface area contributed by atoms with Crippen molar-refractivity contribution in [1.29, 1.82) is 0 Å². The van der Waals surface area contributed by atoms with Gasteiger partial charge >= 0.3 is 0 Å². The quantitative estimate of drug-likeness (QED) is 0.798. The number of hydrogen-bond acceptors (Lipinski definition) is 2. The van der Waals surface area contributed by atoms with Gasteiger partial charge in [-0.3, -0.25) is 4.79 Å². The molecule has 1 aromatic carbocycles. The smallest absolute Gasteiger partial charge is 0.220 e. The van der Waals surface area contributed by atoms with Gasteiger partial charge < -0.3 is 10.1 Å². The summed E-state index contributed by atoms with van der Waals surface area (Å²) in [7, 11) is 0. The minimum absolute atomic E-state index is 0.101. The molecular weight excluding hydrogens is 305 g/mol. The van der Waals surface area contributed by atoms with E-state index in [9.17, 15) is 9.18 Å². The van der Waals surface area contributed by atoms with Gasteiger partial charge in [0.25, 0.3) is 0 Å². The molecule has 4 fully saturated rings. The summed E-state index contributed by atoms with van der Waals surface area (Å²) >= 11 is 0. The fraction of sp³-hybridized carbons (Fsp3) is 0.650. The highest BCUT2D eigenvalue weighted by Crippen LogP contribution is 2.55. The van der Waals surface area contributed by atoms with Crippen LogP contribution in [0, 0.1) is 23.6 Å². The number of rotatable bonds is 6. The Labute approximate surface area is 143 Å². The van der Waals surface area contributed by atoms with Crippen LogP contribution in [-0.2, 0) is 4.79 Å². The number of ether oxygens (including phenoxy) is 1. The van der Waals surface area contributed by atoms with Crippen molar-refractivity contribution in [2.75, 3.05) is 6.61 Å². The molecule has 5 rings (SSSR count). The monoisotopic (exact) mass is 331 g/mol. The Morgan fingerprint density at radius 1 is 1.08 bits per heavy atom. The summed E-state index contributed by atoms with van der Waals surface area (Å²) in [6.45, 7) is 0.486. The van der Waals surface area contributed by atoms with E-state index in [1.807, 2.05) is 0 Å². The Bertz CT molecular complexity index is 563. The molecule has 4 aliphatic carbocycles. The molecular formula is C20H26FNO2. The molecule has 0 radical (unpaired) electrons. The van der Waals surface area contributed by atoms with Crippen LogP contribution in [0.4, 0.5) is 4.39 Å². The number of carbonyl (C=O) groups is 1. The average molecular weight is 331 g/mol. The topological polar surface area (TPSA) is 38.3 Å². The summed E-state index contributed by atoms with van der Waals surface area (Å²) in [5.41, 5.74) is 0.101. The second-order valence-corrected chi connectivity index (χ2v) is 8.15. The molecule has 3 nitrogen and oxygen atoms in total. The summed E-state index contributed by atoms with van der Waals surface area (Å²) in [6, 6.07) is 6.00. The maximum Gasteiger partial charge on any atom is 0.220 e. The average Bonchev–Trinajstić information content (AvgIpc) is 2.51. The molecule has 0 aliphatic heterocycles. The van der Waals surface area contributed by atoms with Crippen LogP contribution in [0.25, 0.3) is 0 Å². The van der Waals surface area contributed by atoms with Crippen LogP contribution in [0.3, 0.4) is 0 Å². The van der Waals surface area contributed by atoms with Gasteiger partial charge in [0.1, 0.15) is 11.6 Å². The van der Waals surface area contributed by atoms with Crippen LogP contribution in [0.2, 0.25) is 0 Å². The van der Waals surface area contributed by atoms with Crippen molar-refractivity contribution in [2.45, 2.75) is 56.9 Å². The van der Waals surface area contributed by atoms with E-state index in [1.54, 1.807) is 12.1 Å². The van der Waals surface area contributed by atoms with Crippen molar-refractivity contribution < 1.29 is 13.9 Å². The Hall–Kier alpha value is -1.58. The molecule has 0 saturated heterocycles. The molecule has 4 bridgehead atoms. The van der Waals surface area contributed by atoms with E-state index >= 15 is 0 Å². The number of amides is 1. The van der Waals surface area contributed by atoms with E-state index in [1.165, 1.54) is 50.7 Å². The highest BCUT2D eigenvalue weighted by Gasteiger charge is 2.51. The number of hydrogen-bond donors (Lipinski definition) is 1. The van der Waals surface area contributed by atoms with Crippen molar-refractivity contribution in [1.82, 2.24) is 5.32 Å². The number of halogens is 1. The fourth-order valence-corrected chi connectivity index (χ4v) is 5.58. The van der Waals surface area contributed by atoms with Crippen LogP contribution in [0.15, 0.2) is 24.3 Å². The summed E-state index contributed by atoms with van der Waals surface area (Å²) in [4.78, 5) is 12.4. The second kappa shape index (κ2) is 6.38. The van der Waals surface area contributed by atoms with Crippen molar-refractivity contribution in [3.63, 3.8) is 0 Å². The van der Waals surface area contributed by atoms with Crippen LogP contribution < -0.4 is 10.1 Å². The van der Waals surface area contributed by atoms with Gasteiger partial charge in [-0.15, -0.1) is 0 Å². The van der Waals surface area contributed by atoms with Gasteiger partial charge in [0, 0.05) is 12.0 Å². The molecule has 1 N–H and O–H groups in total. The molecule has 0 aromatic heterocycles. The Morgan fingerprint density at radius 2 is 1.67 bits per heavy atom. The molecule has 1 amide bonds. The largest absolute Gasteiger partial charge is 0.494 e. The molecule has 0 unspecified atom stereocenters. The van der Waals surface area contributed by atoms with E-state index in [2.05, 4.69) is 5.32 Å². The summed E-state index contributed by atoms with van der Waals surface area (Å²) in [5.74, 6) is 3.09. The fourth-order valence-electron chi connectivity index (χ4n) is 5.58. The first kappa shape index (κ1) is 15.9. The lowest BCUT2D eigenvalue weighted by atomic mass is 9.53. The van der Waals surface area contributed by atoms with Gasteiger partial charge in [-0.1, -0.05) is 0 Å². The molecule has 4 aliphatic rings. The summed E-state index contributed by atoms with van der Waals surface area (Å²) in [6.07, 6.45) is 8.94. The first-order valence-electron chi connectivity index (χ1n) is 9.30. The van der Waals surface area contributed by atoms with Gasteiger partial charge in [-0.25, -0.2) is 4.39 Å². The van der Waals surface area contributed by atoms with Crippen LogP contribution in [0.1, 0.15) is 51.4 Å². The van der Waals surface area contributed by atoms with Gasteiger partial charge in [0.15, 0.2) is 0 Å². The normalized spacial score (nSPS) is 33.5. The van der Waals surface area contributed by atoms with Crippen molar-refractivity contribution in [3.05, 3.63) is 30.1 Å². The number of nitrogens with one attached hydrogen (secondary N) is 1. The molecule has 1 aromatic rings. The third-order valence-electron chi connectivity index (χ3n) is 6.07. The lowest BCUT2D eigenvalue weighted by Gasteiger charge is -2.56. The zero-order chi connectivity index (χ0) is 16.6. The van der Waals surface area contributed by atoms with Crippen LogP contribution in [-0.4, -0.2) is 18.1 Å². The standard InChI is InChI=1S/C20H26FNO2/c21-17-3-5-18(6-4-17)24-7-1-2-19(23)22-20-11-14-8-15(12-20)10-16(9-14)13-20/h3-6,14-16H,1-2,7-13H2,(H,22,23). The highest BCUT2D eigenvalue weighted by atomic mass is 19.1. The molecule has 0 atom stereocenters. The lowest BCUT2D eigenvalue weighted by Crippen LogP contribution is -2.59. The minimum atomic E-state index is -0.266. The van der Waals surface area contributed by atoms with Crippen LogP contribution >= 0.6 is 0 Å². The second-order valence-electron chi connectivity index (χ2n) is 8.15. The number of carbonyl (C=O) groups excluding carboxylic acids is 1. The highest BCUT2D eigenvalue weighted by molar-refractivity contribution is 5.76. The van der Waals surface area contributed by atoms with E-state index in [-0.39, 0.29) is 17.3 Å². The van der Waals surface area contributed by atoms with E-state index in [0.29, 0.717) is 25.2 Å². The minimum Gasteiger partial charge on any atom is -0.494 e. The maximum absolute atomic E-state index is 12.8. The Morgan fingerprint density at radius 3 is 2.25 bits per heavy atom. The predicted molar refractivity (Wildman–Crippen MR) is 90.2 cm³/mol. The van der Waals surface area contributed by atoms with Gasteiger partial charge in [0.2, 0.25) is 5.91 Å². The zero-order valence-electron chi connectivity index (χ0n) is 14.1. The summed E-state index contributed by atoms with van der Waals surface area (Å²) in [5, 5.41) is 3.39. The SMILES string of the molecule is O=C(CCCOc1ccc(F)cc1)NC12CC3CC(CC(C3)C1)C2. The van der Waals surface area contributed by atoms with E-state index in [0.717, 1.165) is 17.8 Å². The maximum atomic E-state index is 12.8. The number of benzene rings is 1. The van der Waals surface area contributed by atoms with E-state index in [4.69, 9.17) is 4.74 Å². The summed E-state index contributed by atoms with van der Waals surface area (Å²) < 4.78 is 18.4. The van der Waals surface area contributed by atoms with Crippen molar-refractivity contribution in [2.24, 2.45) is 17.8 Å². The van der Waals surface area contributed by atoms with Gasteiger partial charge in [0.05, 0.1) is 6.61 Å². The predicted octanol–water partition coefficient (Wildman–Crippen LogP) is 4.07. The lowest BCUT2D eigenvalue weighted by molar-refractivity contribution is -0.127. The van der Waals surface area contributed by atoms with Gasteiger partial charge in [-0.05, 0) is 87.0 Å². The first-order chi connectivity index (χ1) is 11.6. The first-order valence-corrected chi connectivity index (χ1v) is 9.30. The van der Waals surface area contributed by atoms with Gasteiger partial charge in [-0.2, -0.15) is 0 Å². The Balaban J connectivity index is 1.22. The third kappa shape index (κ3) is 3.42. The van der Waals surface area contributed by atoms with Crippen molar-refractivity contribution >= 4 is 5.91 Å². The van der Waals surface area contributed by atoms with Crippen molar-refractivity contribution in [3.8, 4) is 5.75 Å².